The van der Waals surface area contributed by atoms with Gasteiger partial charge in [0.15, 0.2) is 0 Å². The van der Waals surface area contributed by atoms with Crippen LogP contribution in [0.15, 0.2) is 0 Å². The highest BCUT2D eigenvalue weighted by atomic mass is 79.9. The second-order valence-electron chi connectivity index (χ2n) is 2.71. The minimum absolute atomic E-state index is 0.112. The van der Waals surface area contributed by atoms with Gasteiger partial charge in [-0.1, -0.05) is 29.3 Å². The number of halogens is 1. The van der Waals surface area contributed by atoms with Crippen LogP contribution in [0.3, 0.4) is 0 Å². The van der Waals surface area contributed by atoms with E-state index in [-0.39, 0.29) is 5.91 Å². The molecule has 10 heavy (non-hydrogen) atoms. The predicted molar refractivity (Wildman–Crippen MR) is 44.1 cm³/mol. The number of amides is 1. The Kier molecular flexibility index (Phi) is 2.72. The fourth-order valence-corrected chi connectivity index (χ4v) is 1.28. The quantitative estimate of drug-likeness (QED) is 0.692. The van der Waals surface area contributed by atoms with Crippen molar-refractivity contribution in [3.05, 3.63) is 0 Å². The van der Waals surface area contributed by atoms with Gasteiger partial charge in [0.05, 0.1) is 5.33 Å². The number of alkyl halides is 1. The molecule has 0 saturated heterocycles. The van der Waals surface area contributed by atoms with Crippen molar-refractivity contribution < 1.29 is 4.79 Å². The van der Waals surface area contributed by atoms with Crippen molar-refractivity contribution >= 4 is 21.8 Å². The van der Waals surface area contributed by atoms with Crippen LogP contribution in [0, 0.1) is 5.92 Å². The van der Waals surface area contributed by atoms with Crippen LogP contribution in [-0.4, -0.2) is 17.3 Å². The molecular formula is C7H12BrNO. The summed E-state index contributed by atoms with van der Waals surface area (Å²) in [6.07, 6.45) is 2.36. The van der Waals surface area contributed by atoms with Gasteiger partial charge in [-0.05, 0) is 12.3 Å². The Labute approximate surface area is 69.5 Å². The summed E-state index contributed by atoms with van der Waals surface area (Å²) in [6.45, 7) is 2.16. The van der Waals surface area contributed by atoms with Crippen LogP contribution < -0.4 is 5.32 Å². The fraction of sp³-hybridized carbons (Fsp3) is 0.857. The second-order valence-corrected chi connectivity index (χ2v) is 3.27. The van der Waals surface area contributed by atoms with Crippen LogP contribution in [0.25, 0.3) is 0 Å². The SMILES string of the molecule is CCC1CC1NC(=O)CBr. The Morgan fingerprint density at radius 3 is 2.90 bits per heavy atom. The molecule has 0 aromatic heterocycles. The summed E-state index contributed by atoms with van der Waals surface area (Å²) in [5.41, 5.74) is 0. The zero-order valence-corrected chi connectivity index (χ0v) is 7.65. The van der Waals surface area contributed by atoms with Gasteiger partial charge in [-0.3, -0.25) is 4.79 Å². The number of rotatable bonds is 3. The van der Waals surface area contributed by atoms with Crippen molar-refractivity contribution in [2.45, 2.75) is 25.8 Å². The number of hydrogen-bond donors (Lipinski definition) is 1. The third-order valence-electron chi connectivity index (χ3n) is 1.91. The largest absolute Gasteiger partial charge is 0.352 e. The molecule has 0 radical (unpaired) electrons. The standard InChI is InChI=1S/C7H12BrNO/c1-2-5-3-6(5)9-7(10)4-8/h5-6H,2-4H2,1H3,(H,9,10). The normalized spacial score (nSPS) is 29.8. The van der Waals surface area contributed by atoms with E-state index in [9.17, 15) is 4.79 Å². The third kappa shape index (κ3) is 1.97. The Hall–Kier alpha value is -0.0500. The lowest BCUT2D eigenvalue weighted by Crippen LogP contribution is -2.27. The molecule has 3 heteroatoms. The molecule has 2 unspecified atom stereocenters. The summed E-state index contributed by atoms with van der Waals surface area (Å²) < 4.78 is 0. The number of carbonyl (C=O) groups excluding carboxylic acids is 1. The van der Waals surface area contributed by atoms with Crippen LogP contribution in [0.1, 0.15) is 19.8 Å². The van der Waals surface area contributed by atoms with E-state index >= 15 is 0 Å². The van der Waals surface area contributed by atoms with Gasteiger partial charge in [0.1, 0.15) is 0 Å². The molecule has 1 N–H and O–H groups in total. The Balaban J connectivity index is 2.11. The van der Waals surface area contributed by atoms with Crippen LogP contribution in [0.4, 0.5) is 0 Å². The molecule has 1 saturated carbocycles. The number of hydrogen-bond acceptors (Lipinski definition) is 1. The third-order valence-corrected chi connectivity index (χ3v) is 2.42. The van der Waals surface area contributed by atoms with Gasteiger partial charge < -0.3 is 5.32 Å². The maximum atomic E-state index is 10.8. The highest BCUT2D eigenvalue weighted by Gasteiger charge is 2.35. The second kappa shape index (κ2) is 3.37. The summed E-state index contributed by atoms with van der Waals surface area (Å²) in [7, 11) is 0. The van der Waals surface area contributed by atoms with Crippen LogP contribution in [0.5, 0.6) is 0 Å². The Morgan fingerprint density at radius 2 is 2.50 bits per heavy atom. The molecule has 0 aromatic rings. The average molecular weight is 206 g/mol. The molecule has 1 fully saturated rings. The monoisotopic (exact) mass is 205 g/mol. The fourth-order valence-electron chi connectivity index (χ4n) is 1.12. The summed E-state index contributed by atoms with van der Waals surface area (Å²) in [5.74, 6) is 0.865. The number of nitrogens with one attached hydrogen (secondary N) is 1. The van der Waals surface area contributed by atoms with Gasteiger partial charge in [0.2, 0.25) is 5.91 Å². The topological polar surface area (TPSA) is 29.1 Å². The molecule has 0 aliphatic heterocycles. The van der Waals surface area contributed by atoms with E-state index in [1.165, 1.54) is 12.8 Å². The molecule has 2 nitrogen and oxygen atoms in total. The van der Waals surface area contributed by atoms with E-state index in [4.69, 9.17) is 0 Å². The molecule has 0 spiro atoms. The Morgan fingerprint density at radius 1 is 1.80 bits per heavy atom. The van der Waals surface area contributed by atoms with E-state index in [0.29, 0.717) is 11.4 Å². The number of carbonyl (C=O) groups is 1. The maximum absolute atomic E-state index is 10.8. The molecule has 0 bridgehead atoms. The highest BCUT2D eigenvalue weighted by Crippen LogP contribution is 2.32. The summed E-state index contributed by atoms with van der Waals surface area (Å²) in [4.78, 5) is 10.8. The molecule has 0 aromatic carbocycles. The predicted octanol–water partition coefficient (Wildman–Crippen LogP) is 1.30. The lowest BCUT2D eigenvalue weighted by molar-refractivity contribution is -0.118. The molecular weight excluding hydrogens is 194 g/mol. The average Bonchev–Trinajstić information content (AvgIpc) is 2.67. The van der Waals surface area contributed by atoms with Crippen molar-refractivity contribution in [1.29, 1.82) is 0 Å². The zero-order valence-electron chi connectivity index (χ0n) is 6.06. The van der Waals surface area contributed by atoms with Crippen LogP contribution >= 0.6 is 15.9 Å². The minimum Gasteiger partial charge on any atom is -0.352 e. The van der Waals surface area contributed by atoms with Gasteiger partial charge in [-0.25, -0.2) is 0 Å². The molecule has 1 rings (SSSR count). The smallest absolute Gasteiger partial charge is 0.230 e. The summed E-state index contributed by atoms with van der Waals surface area (Å²) >= 11 is 3.10. The van der Waals surface area contributed by atoms with E-state index in [2.05, 4.69) is 28.2 Å². The van der Waals surface area contributed by atoms with E-state index in [0.717, 1.165) is 5.92 Å². The molecule has 1 aliphatic carbocycles. The first-order chi connectivity index (χ1) is 4.77. The van der Waals surface area contributed by atoms with Gasteiger partial charge in [0, 0.05) is 6.04 Å². The molecule has 1 aliphatic rings. The van der Waals surface area contributed by atoms with Crippen LogP contribution in [-0.2, 0) is 4.79 Å². The van der Waals surface area contributed by atoms with Gasteiger partial charge in [-0.2, -0.15) is 0 Å². The van der Waals surface area contributed by atoms with Gasteiger partial charge in [-0.15, -0.1) is 0 Å². The van der Waals surface area contributed by atoms with Crippen molar-refractivity contribution in [3.63, 3.8) is 0 Å². The first-order valence-corrected chi connectivity index (χ1v) is 4.75. The van der Waals surface area contributed by atoms with Crippen molar-refractivity contribution in [1.82, 2.24) is 5.32 Å². The van der Waals surface area contributed by atoms with Crippen LogP contribution in [0.2, 0.25) is 0 Å². The molecule has 2 atom stereocenters. The molecule has 0 heterocycles. The lowest BCUT2D eigenvalue weighted by Gasteiger charge is -1.98. The summed E-state index contributed by atoms with van der Waals surface area (Å²) in [6, 6.07) is 0.482. The minimum atomic E-state index is 0.112. The van der Waals surface area contributed by atoms with Crippen molar-refractivity contribution in [2.75, 3.05) is 5.33 Å². The Bertz CT molecular complexity index is 138. The molecule has 58 valence electrons. The van der Waals surface area contributed by atoms with Crippen molar-refractivity contribution in [3.8, 4) is 0 Å². The van der Waals surface area contributed by atoms with E-state index in [1.54, 1.807) is 0 Å². The van der Waals surface area contributed by atoms with E-state index < -0.39 is 0 Å². The first kappa shape index (κ1) is 8.05. The van der Waals surface area contributed by atoms with Crippen molar-refractivity contribution in [2.24, 2.45) is 5.92 Å². The first-order valence-electron chi connectivity index (χ1n) is 3.63. The van der Waals surface area contributed by atoms with Gasteiger partial charge in [0.25, 0.3) is 0 Å². The summed E-state index contributed by atoms with van der Waals surface area (Å²) in [5, 5.41) is 3.35. The lowest BCUT2D eigenvalue weighted by atomic mass is 10.3. The van der Waals surface area contributed by atoms with Gasteiger partial charge >= 0.3 is 0 Å². The maximum Gasteiger partial charge on any atom is 0.230 e. The molecule has 1 amide bonds. The zero-order chi connectivity index (χ0) is 7.56. The highest BCUT2D eigenvalue weighted by molar-refractivity contribution is 9.09. The van der Waals surface area contributed by atoms with E-state index in [1.807, 2.05) is 0 Å².